The molecule has 0 unspecified atom stereocenters. The van der Waals surface area contributed by atoms with E-state index in [0.717, 1.165) is 49.2 Å². The van der Waals surface area contributed by atoms with Crippen molar-refractivity contribution < 1.29 is 22.4 Å². The Morgan fingerprint density at radius 2 is 1.52 bits per heavy atom. The van der Waals surface area contributed by atoms with Crippen LogP contribution in [0.15, 0.2) is 71.6 Å². The first-order valence-corrected chi connectivity index (χ1v) is 18.0. The van der Waals surface area contributed by atoms with E-state index >= 15 is 0 Å². The molecule has 3 fully saturated rings. The van der Waals surface area contributed by atoms with Crippen molar-refractivity contribution in [3.8, 4) is 11.5 Å². The number of rotatable bonds is 11. The highest BCUT2D eigenvalue weighted by Crippen LogP contribution is 2.45. The molecular weight excluding hydrogens is 570 g/mol. The van der Waals surface area contributed by atoms with Crippen LogP contribution in [0.1, 0.15) is 50.7 Å². The predicted molar refractivity (Wildman–Crippen MR) is 177 cm³/mol. The molecule has 0 saturated carbocycles. The molecule has 3 aromatic rings. The number of nitrogens with zero attached hydrogens (tertiary/aromatic N) is 3. The van der Waals surface area contributed by atoms with E-state index in [4.69, 9.17) is 9.47 Å². The van der Waals surface area contributed by atoms with Gasteiger partial charge in [0.1, 0.15) is 24.7 Å². The number of unbranched alkanes of at least 4 members (excludes halogenated alkanes) is 1. The Kier molecular flexibility index (Phi) is 8.95. The highest BCUT2D eigenvalue weighted by Gasteiger charge is 2.41. The van der Waals surface area contributed by atoms with Crippen LogP contribution in [0.3, 0.4) is 0 Å². The van der Waals surface area contributed by atoms with Gasteiger partial charge < -0.3 is 18.9 Å². The van der Waals surface area contributed by atoms with Crippen LogP contribution in [0.2, 0.25) is 0 Å². The molecule has 1 atom stereocenters. The van der Waals surface area contributed by atoms with Crippen molar-refractivity contribution >= 4 is 21.2 Å². The van der Waals surface area contributed by atoms with E-state index in [9.17, 15) is 8.42 Å². The van der Waals surface area contributed by atoms with Crippen molar-refractivity contribution in [2.45, 2.75) is 57.6 Å². The van der Waals surface area contributed by atoms with E-state index in [2.05, 4.69) is 47.9 Å². The molecule has 0 aromatic heterocycles. The van der Waals surface area contributed by atoms with Crippen LogP contribution in [-0.4, -0.2) is 76.5 Å². The summed E-state index contributed by atoms with van der Waals surface area (Å²) in [7, 11) is -1.86. The van der Waals surface area contributed by atoms with E-state index in [1.165, 1.54) is 49.3 Å². The van der Waals surface area contributed by atoms with Crippen LogP contribution in [0.5, 0.6) is 11.5 Å². The van der Waals surface area contributed by atoms with Gasteiger partial charge in [-0.05, 0) is 54.8 Å². The zero-order chi connectivity index (χ0) is 30.8. The van der Waals surface area contributed by atoms with Crippen molar-refractivity contribution in [2.24, 2.45) is 5.41 Å². The number of piperazine rings is 3. The van der Waals surface area contributed by atoms with Gasteiger partial charge in [-0.3, -0.25) is 4.90 Å². The Balaban J connectivity index is 1.18. The first-order chi connectivity index (χ1) is 21.3. The quantitative estimate of drug-likeness (QED) is 0.231. The predicted octanol–water partition coefficient (Wildman–Crippen LogP) is 6.43. The molecule has 0 amide bonds. The molecular formula is C36H48N3O4S+. The lowest BCUT2D eigenvalue weighted by Crippen LogP contribution is -2.66. The molecule has 7 nitrogen and oxygen atoms in total. The number of hydrogen-bond acceptors (Lipinski definition) is 6. The van der Waals surface area contributed by atoms with Gasteiger partial charge in [0.15, 0.2) is 9.84 Å². The SMILES string of the molecule is CCCC[C@@]1(CC)CN(c2ccc(OCc3ccc(C[N+]45CCN(CC4)CC5)cc3)cc2)c2cc(OC)ccc2S(=O)(=O)C1. The van der Waals surface area contributed by atoms with Crippen molar-refractivity contribution in [3.63, 3.8) is 0 Å². The second kappa shape index (κ2) is 12.7. The number of ether oxygens (including phenoxy) is 2. The second-order valence-corrected chi connectivity index (χ2v) is 15.2. The summed E-state index contributed by atoms with van der Waals surface area (Å²) in [5, 5.41) is 0. The van der Waals surface area contributed by atoms with Gasteiger partial charge in [-0.2, -0.15) is 0 Å². The molecule has 4 heterocycles. The largest absolute Gasteiger partial charge is 0.497 e. The Morgan fingerprint density at radius 3 is 2.16 bits per heavy atom. The molecule has 7 rings (SSSR count). The highest BCUT2D eigenvalue weighted by atomic mass is 32.2. The molecule has 0 radical (unpaired) electrons. The normalized spacial score (nSPS) is 25.7. The van der Waals surface area contributed by atoms with Gasteiger partial charge in [-0.15, -0.1) is 0 Å². The molecule has 3 aromatic carbocycles. The van der Waals surface area contributed by atoms with Gasteiger partial charge >= 0.3 is 0 Å². The highest BCUT2D eigenvalue weighted by molar-refractivity contribution is 7.91. The number of sulfone groups is 1. The van der Waals surface area contributed by atoms with E-state index < -0.39 is 9.84 Å². The van der Waals surface area contributed by atoms with Crippen molar-refractivity contribution in [1.82, 2.24) is 4.90 Å². The number of methoxy groups -OCH3 is 1. The number of anilines is 2. The molecule has 44 heavy (non-hydrogen) atoms. The Morgan fingerprint density at radius 1 is 0.864 bits per heavy atom. The topological polar surface area (TPSA) is 59.1 Å². The molecule has 4 aliphatic rings. The van der Waals surface area contributed by atoms with Crippen LogP contribution in [0.25, 0.3) is 0 Å². The number of benzene rings is 3. The lowest BCUT2D eigenvalue weighted by atomic mass is 9.81. The van der Waals surface area contributed by atoms with E-state index in [-0.39, 0.29) is 11.2 Å². The maximum atomic E-state index is 13.7. The van der Waals surface area contributed by atoms with Gasteiger partial charge in [0.05, 0.1) is 43.1 Å². The second-order valence-electron chi connectivity index (χ2n) is 13.2. The number of hydrogen-bond donors (Lipinski definition) is 0. The van der Waals surface area contributed by atoms with Gasteiger partial charge in [0, 0.05) is 48.9 Å². The van der Waals surface area contributed by atoms with Gasteiger partial charge in [0.25, 0.3) is 0 Å². The fraction of sp³-hybridized carbons (Fsp3) is 0.500. The average molecular weight is 619 g/mol. The van der Waals surface area contributed by atoms with E-state index in [1.54, 1.807) is 19.2 Å². The van der Waals surface area contributed by atoms with Gasteiger partial charge in [-0.1, -0.05) is 51.0 Å². The Bertz CT molecular complexity index is 1520. The summed E-state index contributed by atoms with van der Waals surface area (Å²) in [4.78, 5) is 5.15. The van der Waals surface area contributed by atoms with Gasteiger partial charge in [-0.25, -0.2) is 8.42 Å². The zero-order valence-corrected chi connectivity index (χ0v) is 27.4. The molecule has 3 saturated heterocycles. The Labute approximate surface area is 263 Å². The average Bonchev–Trinajstić information content (AvgIpc) is 3.16. The first-order valence-electron chi connectivity index (χ1n) is 16.3. The lowest BCUT2D eigenvalue weighted by molar-refractivity contribution is -0.953. The van der Waals surface area contributed by atoms with E-state index in [0.29, 0.717) is 29.5 Å². The summed E-state index contributed by atoms with van der Waals surface area (Å²) in [6, 6.07) is 22.3. The fourth-order valence-electron chi connectivity index (χ4n) is 7.35. The maximum absolute atomic E-state index is 13.7. The number of quaternary nitrogens is 1. The summed E-state index contributed by atoms with van der Waals surface area (Å²) >= 11 is 0. The third-order valence-corrected chi connectivity index (χ3v) is 12.4. The van der Waals surface area contributed by atoms with E-state index in [1.807, 2.05) is 30.3 Å². The van der Waals surface area contributed by atoms with Crippen LogP contribution >= 0.6 is 0 Å². The molecule has 0 N–H and O–H groups in total. The molecule has 0 aliphatic carbocycles. The lowest BCUT2D eigenvalue weighted by Gasteiger charge is -2.50. The smallest absolute Gasteiger partial charge is 0.181 e. The maximum Gasteiger partial charge on any atom is 0.181 e. The standard InChI is InChI=1S/C36H48N3O4S/c1-4-6-17-36(5-2)27-38(34-24-33(42-3)15-16-35(34)44(40,41)28-36)31-11-13-32(14-12-31)43-26-30-9-7-29(8-10-30)25-39-21-18-37(19-22-39)20-23-39/h7-16,24H,4-6,17-23,25-28H2,1-3H3/q+1/t36-/m0/s1. The zero-order valence-electron chi connectivity index (χ0n) is 26.6. The van der Waals surface area contributed by atoms with Crippen molar-refractivity contribution in [3.05, 3.63) is 77.9 Å². The van der Waals surface area contributed by atoms with Crippen LogP contribution < -0.4 is 14.4 Å². The number of fused-ring (bicyclic) bond motifs is 4. The van der Waals surface area contributed by atoms with Gasteiger partial charge in [0.2, 0.25) is 0 Å². The third kappa shape index (κ3) is 6.49. The Hall–Kier alpha value is -3.07. The fourth-order valence-corrected chi connectivity index (χ4v) is 9.52. The minimum absolute atomic E-state index is 0.158. The summed E-state index contributed by atoms with van der Waals surface area (Å²) in [5.74, 6) is 1.60. The minimum atomic E-state index is -3.48. The first kappa shape index (κ1) is 30.9. The molecule has 236 valence electrons. The summed E-state index contributed by atoms with van der Waals surface area (Å²) in [6.45, 7) is 14.1. The van der Waals surface area contributed by atoms with Crippen LogP contribution in [0.4, 0.5) is 11.4 Å². The monoisotopic (exact) mass is 618 g/mol. The molecule has 2 bridgehead atoms. The van der Waals surface area contributed by atoms with Crippen LogP contribution in [0, 0.1) is 5.41 Å². The molecule has 8 heteroatoms. The summed E-state index contributed by atoms with van der Waals surface area (Å²) < 4.78 is 40.5. The molecule has 4 aliphatic heterocycles. The van der Waals surface area contributed by atoms with Crippen LogP contribution in [-0.2, 0) is 23.0 Å². The van der Waals surface area contributed by atoms with Crippen molar-refractivity contribution in [2.75, 3.05) is 63.6 Å². The summed E-state index contributed by atoms with van der Waals surface area (Å²) in [6.07, 6.45) is 3.71. The summed E-state index contributed by atoms with van der Waals surface area (Å²) in [5.41, 5.74) is 3.86. The third-order valence-electron chi connectivity index (χ3n) is 10.4. The minimum Gasteiger partial charge on any atom is -0.497 e. The van der Waals surface area contributed by atoms with Crippen molar-refractivity contribution in [1.29, 1.82) is 0 Å². The molecule has 0 spiro atoms.